The highest BCUT2D eigenvalue weighted by Gasteiger charge is 2.16. The molecule has 0 aromatic heterocycles. The van der Waals surface area contributed by atoms with E-state index in [9.17, 15) is 4.79 Å². The van der Waals surface area contributed by atoms with Crippen LogP contribution in [0.2, 0.25) is 0 Å². The molecule has 3 nitrogen and oxygen atoms in total. The van der Waals surface area contributed by atoms with E-state index in [-0.39, 0.29) is 0 Å². The minimum Gasteiger partial charge on any atom is -0.481 e. The third kappa shape index (κ3) is 4.36. The van der Waals surface area contributed by atoms with Crippen molar-refractivity contribution in [2.24, 2.45) is 11.7 Å². The SMILES string of the molecule is CC(=CCl)CC(CCN)C(=O)O. The first-order valence-corrected chi connectivity index (χ1v) is 4.24. The molecule has 0 aliphatic carbocycles. The van der Waals surface area contributed by atoms with Crippen molar-refractivity contribution in [1.29, 1.82) is 0 Å². The molecule has 0 saturated carbocycles. The van der Waals surface area contributed by atoms with E-state index >= 15 is 0 Å². The first kappa shape index (κ1) is 11.5. The fraction of sp³-hybridized carbons (Fsp3) is 0.625. The average molecular weight is 192 g/mol. The fourth-order valence-corrected chi connectivity index (χ4v) is 1.04. The predicted octanol–water partition coefficient (Wildman–Crippen LogP) is 1.57. The number of rotatable bonds is 5. The molecule has 4 heteroatoms. The van der Waals surface area contributed by atoms with Crippen molar-refractivity contribution in [3.05, 3.63) is 11.1 Å². The molecule has 0 aliphatic heterocycles. The molecule has 0 spiro atoms. The van der Waals surface area contributed by atoms with Gasteiger partial charge in [-0.15, -0.1) is 0 Å². The smallest absolute Gasteiger partial charge is 0.306 e. The summed E-state index contributed by atoms with van der Waals surface area (Å²) in [5.74, 6) is -1.21. The minimum atomic E-state index is -0.807. The van der Waals surface area contributed by atoms with E-state index in [1.165, 1.54) is 5.54 Å². The molecule has 1 atom stereocenters. The standard InChI is InChI=1S/C8H14ClNO2/c1-6(5-9)4-7(2-3-10)8(11)12/h5,7H,2-4,10H2,1H3,(H,11,12). The van der Waals surface area contributed by atoms with Crippen molar-refractivity contribution in [1.82, 2.24) is 0 Å². The average Bonchev–Trinajstić information content (AvgIpc) is 2.03. The number of aliphatic carboxylic acids is 1. The van der Waals surface area contributed by atoms with Crippen LogP contribution in [0.5, 0.6) is 0 Å². The molecule has 0 rings (SSSR count). The van der Waals surface area contributed by atoms with Gasteiger partial charge in [-0.25, -0.2) is 0 Å². The maximum atomic E-state index is 10.6. The lowest BCUT2D eigenvalue weighted by molar-refractivity contribution is -0.141. The van der Waals surface area contributed by atoms with Crippen molar-refractivity contribution < 1.29 is 9.90 Å². The third-order valence-corrected chi connectivity index (χ3v) is 1.99. The molecule has 70 valence electrons. The molecule has 0 heterocycles. The van der Waals surface area contributed by atoms with Crippen LogP contribution in [-0.2, 0) is 4.79 Å². The second kappa shape index (κ2) is 6.03. The fourth-order valence-electron chi connectivity index (χ4n) is 0.947. The zero-order valence-corrected chi connectivity index (χ0v) is 7.84. The van der Waals surface area contributed by atoms with Gasteiger partial charge >= 0.3 is 5.97 Å². The van der Waals surface area contributed by atoms with Gasteiger partial charge in [0.15, 0.2) is 0 Å². The van der Waals surface area contributed by atoms with Crippen LogP contribution in [0, 0.1) is 5.92 Å². The van der Waals surface area contributed by atoms with E-state index < -0.39 is 11.9 Å². The van der Waals surface area contributed by atoms with Crippen LogP contribution in [0.4, 0.5) is 0 Å². The van der Waals surface area contributed by atoms with Gasteiger partial charge < -0.3 is 10.8 Å². The predicted molar refractivity (Wildman–Crippen MR) is 49.0 cm³/mol. The summed E-state index contributed by atoms with van der Waals surface area (Å²) in [5, 5.41) is 8.72. The lowest BCUT2D eigenvalue weighted by Gasteiger charge is -2.09. The van der Waals surface area contributed by atoms with Crippen LogP contribution in [-0.4, -0.2) is 17.6 Å². The molecule has 0 fully saturated rings. The lowest BCUT2D eigenvalue weighted by Crippen LogP contribution is -2.18. The number of nitrogens with two attached hydrogens (primary N) is 1. The van der Waals surface area contributed by atoms with Gasteiger partial charge in [0.2, 0.25) is 0 Å². The Bertz CT molecular complexity index is 180. The summed E-state index contributed by atoms with van der Waals surface area (Å²) < 4.78 is 0. The molecule has 0 saturated heterocycles. The summed E-state index contributed by atoms with van der Waals surface area (Å²) in [6.07, 6.45) is 0.980. The maximum Gasteiger partial charge on any atom is 0.306 e. The molecule has 0 radical (unpaired) electrons. The van der Waals surface area contributed by atoms with Crippen molar-refractivity contribution in [2.45, 2.75) is 19.8 Å². The Labute approximate surface area is 77.2 Å². The number of carboxylic acids is 1. The Hall–Kier alpha value is -0.540. The van der Waals surface area contributed by atoms with Gasteiger partial charge in [0.25, 0.3) is 0 Å². The second-order valence-electron chi connectivity index (χ2n) is 2.77. The molecular weight excluding hydrogens is 178 g/mol. The molecule has 0 aromatic carbocycles. The van der Waals surface area contributed by atoms with E-state index in [0.717, 1.165) is 5.57 Å². The van der Waals surface area contributed by atoms with Gasteiger partial charge in [-0.3, -0.25) is 4.79 Å². The third-order valence-electron chi connectivity index (χ3n) is 1.62. The topological polar surface area (TPSA) is 63.3 Å². The number of carbonyl (C=O) groups is 1. The number of hydrogen-bond donors (Lipinski definition) is 2. The van der Waals surface area contributed by atoms with Gasteiger partial charge in [0.05, 0.1) is 5.92 Å². The Morgan fingerprint density at radius 1 is 1.75 bits per heavy atom. The van der Waals surface area contributed by atoms with Gasteiger partial charge in [-0.05, 0) is 26.3 Å². The Kier molecular flexibility index (Phi) is 5.76. The number of allylic oxidation sites excluding steroid dienone is 1. The summed E-state index contributed by atoms with van der Waals surface area (Å²) in [5.41, 5.74) is 7.55. The number of hydrogen-bond acceptors (Lipinski definition) is 2. The quantitative estimate of drug-likeness (QED) is 0.694. The van der Waals surface area contributed by atoms with Gasteiger partial charge in [-0.2, -0.15) is 0 Å². The summed E-state index contributed by atoms with van der Waals surface area (Å²) >= 11 is 5.41. The minimum absolute atomic E-state index is 0.395. The first-order chi connectivity index (χ1) is 5.61. The molecule has 12 heavy (non-hydrogen) atoms. The van der Waals surface area contributed by atoms with Gasteiger partial charge in [0.1, 0.15) is 0 Å². The van der Waals surface area contributed by atoms with Crippen molar-refractivity contribution in [3.8, 4) is 0 Å². The lowest BCUT2D eigenvalue weighted by atomic mass is 9.98. The normalized spacial score (nSPS) is 14.4. The van der Waals surface area contributed by atoms with Crippen LogP contribution in [0.15, 0.2) is 11.1 Å². The summed E-state index contributed by atoms with van der Waals surface area (Å²) in [6, 6.07) is 0. The Morgan fingerprint density at radius 2 is 2.33 bits per heavy atom. The van der Waals surface area contributed by atoms with Crippen LogP contribution >= 0.6 is 11.6 Å². The summed E-state index contributed by atoms with van der Waals surface area (Å²) in [6.45, 7) is 2.20. The van der Waals surface area contributed by atoms with Crippen LogP contribution in [0.3, 0.4) is 0 Å². The van der Waals surface area contributed by atoms with Gasteiger partial charge in [0, 0.05) is 5.54 Å². The van der Waals surface area contributed by atoms with Crippen LogP contribution in [0.25, 0.3) is 0 Å². The first-order valence-electron chi connectivity index (χ1n) is 3.80. The molecule has 0 bridgehead atoms. The molecule has 1 unspecified atom stereocenters. The molecule has 0 aliphatic rings. The van der Waals surface area contributed by atoms with Crippen molar-refractivity contribution >= 4 is 17.6 Å². The molecular formula is C8H14ClNO2. The molecule has 0 amide bonds. The summed E-state index contributed by atoms with van der Waals surface area (Å²) in [7, 11) is 0. The van der Waals surface area contributed by atoms with E-state index in [4.69, 9.17) is 22.4 Å². The number of carboxylic acid groups (broad SMARTS) is 1. The molecule has 3 N–H and O–H groups in total. The van der Waals surface area contributed by atoms with Crippen molar-refractivity contribution in [3.63, 3.8) is 0 Å². The second-order valence-corrected chi connectivity index (χ2v) is 2.99. The van der Waals surface area contributed by atoms with Gasteiger partial charge in [-0.1, -0.05) is 17.2 Å². The highest BCUT2D eigenvalue weighted by atomic mass is 35.5. The number of halogens is 1. The summed E-state index contributed by atoms with van der Waals surface area (Å²) in [4.78, 5) is 10.6. The zero-order valence-electron chi connectivity index (χ0n) is 7.09. The van der Waals surface area contributed by atoms with Crippen LogP contribution < -0.4 is 5.73 Å². The van der Waals surface area contributed by atoms with E-state index in [2.05, 4.69) is 0 Å². The highest BCUT2D eigenvalue weighted by Crippen LogP contribution is 2.15. The maximum absolute atomic E-state index is 10.6. The Balaban J connectivity index is 4.04. The van der Waals surface area contributed by atoms with Crippen molar-refractivity contribution in [2.75, 3.05) is 6.54 Å². The monoisotopic (exact) mass is 191 g/mol. The highest BCUT2D eigenvalue weighted by molar-refractivity contribution is 6.25. The van der Waals surface area contributed by atoms with Crippen LogP contribution in [0.1, 0.15) is 19.8 Å². The van der Waals surface area contributed by atoms with E-state index in [1.807, 2.05) is 0 Å². The zero-order chi connectivity index (χ0) is 9.56. The largest absolute Gasteiger partial charge is 0.481 e. The van der Waals surface area contributed by atoms with E-state index in [1.54, 1.807) is 6.92 Å². The Morgan fingerprint density at radius 3 is 2.67 bits per heavy atom. The van der Waals surface area contributed by atoms with E-state index in [0.29, 0.717) is 19.4 Å². The molecule has 0 aromatic rings.